The van der Waals surface area contributed by atoms with Gasteiger partial charge in [0.15, 0.2) is 11.7 Å². The van der Waals surface area contributed by atoms with Crippen LogP contribution >= 0.6 is 0 Å². The minimum atomic E-state index is -1.08. The van der Waals surface area contributed by atoms with E-state index in [0.717, 1.165) is 0 Å². The number of carbonyl (C=O) groups is 1. The standard InChI is InChI=1S/C10H12N4O3.C2H6/c15-6-4-11-10(12-5-6)14-8-3-1-2-7(13-8)9(16)17;1-2/h1-3,6,15H,4-5H2,(H,16,17)(H2,11,12,13,14);1-2H3. The van der Waals surface area contributed by atoms with E-state index in [-0.39, 0.29) is 5.69 Å². The van der Waals surface area contributed by atoms with Crippen LogP contribution in [0.15, 0.2) is 23.2 Å². The number of nitrogens with zero attached hydrogens (tertiary/aromatic N) is 2. The maximum absolute atomic E-state index is 10.7. The van der Waals surface area contributed by atoms with E-state index in [1.165, 1.54) is 6.07 Å². The number of carboxylic acid groups (broad SMARTS) is 1. The molecule has 7 nitrogen and oxygen atoms in total. The number of β-amino-alcohol motifs (C(OH)–C–C–N with tert-alkyl or cyclic N) is 1. The molecule has 4 N–H and O–H groups in total. The second-order valence-electron chi connectivity index (χ2n) is 3.56. The molecule has 0 saturated heterocycles. The van der Waals surface area contributed by atoms with Crippen LogP contribution in [0.3, 0.4) is 0 Å². The lowest BCUT2D eigenvalue weighted by Gasteiger charge is -2.19. The summed E-state index contributed by atoms with van der Waals surface area (Å²) in [4.78, 5) is 18.6. The molecule has 1 aliphatic rings. The SMILES string of the molecule is CC.O=C(O)c1cccc(NC2=NCC(O)CN2)n1. The van der Waals surface area contributed by atoms with Crippen LogP contribution in [0.5, 0.6) is 0 Å². The molecule has 19 heavy (non-hydrogen) atoms. The summed E-state index contributed by atoms with van der Waals surface area (Å²) in [5, 5.41) is 23.7. The molecule has 0 fully saturated rings. The van der Waals surface area contributed by atoms with Crippen molar-refractivity contribution in [1.82, 2.24) is 10.3 Å². The predicted molar refractivity (Wildman–Crippen MR) is 72.5 cm³/mol. The fourth-order valence-corrected chi connectivity index (χ4v) is 1.36. The van der Waals surface area contributed by atoms with E-state index in [1.807, 2.05) is 13.8 Å². The van der Waals surface area contributed by atoms with Crippen molar-refractivity contribution in [1.29, 1.82) is 0 Å². The Kier molecular flexibility index (Phi) is 5.74. The van der Waals surface area contributed by atoms with E-state index in [2.05, 4.69) is 20.6 Å². The van der Waals surface area contributed by atoms with Crippen LogP contribution in [0, 0.1) is 0 Å². The molecule has 0 aromatic carbocycles. The summed E-state index contributed by atoms with van der Waals surface area (Å²) in [6.07, 6.45) is -0.487. The molecule has 0 spiro atoms. The third-order valence-electron chi connectivity index (χ3n) is 2.18. The number of hydrogen-bond acceptors (Lipinski definition) is 6. The lowest BCUT2D eigenvalue weighted by atomic mass is 10.3. The lowest BCUT2D eigenvalue weighted by Crippen LogP contribution is -2.42. The number of aliphatic imine (C=N–C) groups is 1. The fraction of sp³-hybridized carbons (Fsp3) is 0.417. The van der Waals surface area contributed by atoms with Gasteiger partial charge in [-0.25, -0.2) is 9.78 Å². The number of aliphatic hydroxyl groups is 1. The Labute approximate surface area is 111 Å². The molecule has 1 aliphatic heterocycles. The first-order chi connectivity index (χ1) is 9.15. The molecule has 0 bridgehead atoms. The van der Waals surface area contributed by atoms with Gasteiger partial charge in [-0.3, -0.25) is 4.99 Å². The molecule has 0 aliphatic carbocycles. The minimum absolute atomic E-state index is 0.0357. The third-order valence-corrected chi connectivity index (χ3v) is 2.18. The maximum atomic E-state index is 10.7. The number of pyridine rings is 1. The molecule has 0 amide bonds. The van der Waals surface area contributed by atoms with Crippen molar-refractivity contribution in [2.24, 2.45) is 4.99 Å². The van der Waals surface area contributed by atoms with Crippen molar-refractivity contribution in [2.45, 2.75) is 20.0 Å². The van der Waals surface area contributed by atoms with Gasteiger partial charge in [0.25, 0.3) is 0 Å². The molecule has 2 heterocycles. The van der Waals surface area contributed by atoms with E-state index in [0.29, 0.717) is 24.9 Å². The topological polar surface area (TPSA) is 107 Å². The van der Waals surface area contributed by atoms with E-state index in [4.69, 9.17) is 5.11 Å². The Bertz CT molecular complexity index is 462. The van der Waals surface area contributed by atoms with Crippen LogP contribution in [0.2, 0.25) is 0 Å². The Balaban J connectivity index is 0.000000861. The molecule has 1 atom stereocenters. The lowest BCUT2D eigenvalue weighted by molar-refractivity contribution is 0.0690. The third kappa shape index (κ3) is 4.55. The summed E-state index contributed by atoms with van der Waals surface area (Å²) in [6.45, 7) is 4.72. The van der Waals surface area contributed by atoms with Gasteiger partial charge >= 0.3 is 5.97 Å². The van der Waals surface area contributed by atoms with Crippen LogP contribution in [0.4, 0.5) is 5.82 Å². The predicted octanol–water partition coefficient (Wildman–Crippen LogP) is 0.538. The van der Waals surface area contributed by atoms with Gasteiger partial charge in [-0.15, -0.1) is 0 Å². The quantitative estimate of drug-likeness (QED) is 0.622. The summed E-state index contributed by atoms with van der Waals surface area (Å²) in [6, 6.07) is 4.64. The van der Waals surface area contributed by atoms with Gasteiger partial charge in [0.1, 0.15) is 5.82 Å². The molecule has 7 heteroatoms. The second kappa shape index (κ2) is 7.32. The van der Waals surface area contributed by atoms with Crippen LogP contribution < -0.4 is 10.6 Å². The first kappa shape index (κ1) is 14.9. The Morgan fingerprint density at radius 3 is 2.79 bits per heavy atom. The number of rotatable bonds is 2. The number of nitrogens with one attached hydrogen (secondary N) is 2. The van der Waals surface area contributed by atoms with E-state index >= 15 is 0 Å². The van der Waals surface area contributed by atoms with Crippen molar-refractivity contribution in [3.63, 3.8) is 0 Å². The Morgan fingerprint density at radius 2 is 2.21 bits per heavy atom. The van der Waals surface area contributed by atoms with Crippen LogP contribution in [-0.4, -0.2) is 46.3 Å². The average molecular weight is 266 g/mol. The summed E-state index contributed by atoms with van der Waals surface area (Å²) in [7, 11) is 0. The zero-order valence-electron chi connectivity index (χ0n) is 10.9. The van der Waals surface area contributed by atoms with Gasteiger partial charge in [-0.05, 0) is 12.1 Å². The van der Waals surface area contributed by atoms with Crippen molar-refractivity contribution >= 4 is 17.7 Å². The second-order valence-corrected chi connectivity index (χ2v) is 3.56. The summed E-state index contributed by atoms with van der Waals surface area (Å²) in [5.41, 5.74) is -0.0357. The first-order valence-electron chi connectivity index (χ1n) is 6.09. The van der Waals surface area contributed by atoms with Crippen molar-refractivity contribution in [2.75, 3.05) is 18.4 Å². The van der Waals surface area contributed by atoms with Gasteiger partial charge < -0.3 is 20.8 Å². The average Bonchev–Trinajstić information content (AvgIpc) is 2.44. The number of guanidine groups is 1. The largest absolute Gasteiger partial charge is 0.477 e. The molecule has 0 saturated carbocycles. The van der Waals surface area contributed by atoms with Crippen LogP contribution in [-0.2, 0) is 0 Å². The van der Waals surface area contributed by atoms with Crippen molar-refractivity contribution in [3.8, 4) is 0 Å². The van der Waals surface area contributed by atoms with Gasteiger partial charge in [0.2, 0.25) is 0 Å². The molecule has 2 rings (SSSR count). The van der Waals surface area contributed by atoms with Crippen LogP contribution in [0.25, 0.3) is 0 Å². The highest BCUT2D eigenvalue weighted by atomic mass is 16.4. The summed E-state index contributed by atoms with van der Waals surface area (Å²) in [5.74, 6) is -0.208. The van der Waals surface area contributed by atoms with E-state index in [1.54, 1.807) is 12.1 Å². The molecule has 1 aromatic heterocycles. The number of aromatic carboxylic acids is 1. The highest BCUT2D eigenvalue weighted by Crippen LogP contribution is 2.05. The fourth-order valence-electron chi connectivity index (χ4n) is 1.36. The summed E-state index contributed by atoms with van der Waals surface area (Å²) < 4.78 is 0. The number of aliphatic hydroxyl groups excluding tert-OH is 1. The van der Waals surface area contributed by atoms with Gasteiger partial charge in [-0.1, -0.05) is 19.9 Å². The van der Waals surface area contributed by atoms with Crippen LogP contribution in [0.1, 0.15) is 24.3 Å². The molecule has 1 unspecified atom stereocenters. The molecule has 104 valence electrons. The highest BCUT2D eigenvalue weighted by molar-refractivity contribution is 5.94. The Hall–Kier alpha value is -2.15. The normalized spacial score (nSPS) is 17.4. The number of hydrogen-bond donors (Lipinski definition) is 4. The van der Waals surface area contributed by atoms with Gasteiger partial charge in [0.05, 0.1) is 12.6 Å². The smallest absolute Gasteiger partial charge is 0.354 e. The minimum Gasteiger partial charge on any atom is -0.477 e. The number of aromatic nitrogens is 1. The van der Waals surface area contributed by atoms with Gasteiger partial charge in [-0.2, -0.15) is 0 Å². The van der Waals surface area contributed by atoms with Crippen molar-refractivity contribution < 1.29 is 15.0 Å². The molecular weight excluding hydrogens is 248 g/mol. The van der Waals surface area contributed by atoms with Gasteiger partial charge in [0, 0.05) is 6.54 Å². The molecule has 0 radical (unpaired) electrons. The highest BCUT2D eigenvalue weighted by Gasteiger charge is 2.12. The maximum Gasteiger partial charge on any atom is 0.354 e. The summed E-state index contributed by atoms with van der Waals surface area (Å²) >= 11 is 0. The molecular formula is C12H18N4O3. The van der Waals surface area contributed by atoms with E-state index < -0.39 is 12.1 Å². The number of anilines is 1. The zero-order valence-corrected chi connectivity index (χ0v) is 10.9. The number of carboxylic acids is 1. The van der Waals surface area contributed by atoms with E-state index in [9.17, 15) is 9.90 Å². The zero-order chi connectivity index (χ0) is 14.3. The molecule has 1 aromatic rings. The Morgan fingerprint density at radius 1 is 1.47 bits per heavy atom. The first-order valence-corrected chi connectivity index (χ1v) is 6.09. The van der Waals surface area contributed by atoms with Crippen molar-refractivity contribution in [3.05, 3.63) is 23.9 Å². The monoisotopic (exact) mass is 266 g/mol.